The van der Waals surface area contributed by atoms with Crippen LogP contribution in [-0.4, -0.2) is 39.7 Å². The summed E-state index contributed by atoms with van der Waals surface area (Å²) in [6.45, 7) is 6.47. The quantitative estimate of drug-likeness (QED) is 0.553. The molecule has 1 aliphatic heterocycles. The van der Waals surface area contributed by atoms with E-state index in [0.717, 1.165) is 5.57 Å². The van der Waals surface area contributed by atoms with Gasteiger partial charge in [-0.2, -0.15) is 0 Å². The van der Waals surface area contributed by atoms with Crippen molar-refractivity contribution < 1.29 is 18.3 Å². The van der Waals surface area contributed by atoms with Crippen molar-refractivity contribution in [1.82, 2.24) is 14.9 Å². The molecule has 1 aliphatic rings. The number of rotatable bonds is 3. The highest BCUT2D eigenvalue weighted by molar-refractivity contribution is 5.78. The highest BCUT2D eigenvalue weighted by atomic mass is 19.1. The van der Waals surface area contributed by atoms with Gasteiger partial charge in [0.2, 0.25) is 5.89 Å². The first kappa shape index (κ1) is 20.8. The molecule has 0 saturated heterocycles. The smallest absolute Gasteiger partial charge is 0.410 e. The van der Waals surface area contributed by atoms with Crippen molar-refractivity contribution in [2.24, 2.45) is 0 Å². The molecule has 0 unspecified atom stereocenters. The van der Waals surface area contributed by atoms with E-state index in [-0.39, 0.29) is 11.9 Å². The van der Waals surface area contributed by atoms with E-state index in [4.69, 9.17) is 9.15 Å². The number of hydrogen-bond donors (Lipinski definition) is 0. The van der Waals surface area contributed by atoms with E-state index in [0.29, 0.717) is 48.1 Å². The van der Waals surface area contributed by atoms with Gasteiger partial charge < -0.3 is 14.1 Å². The molecule has 1 aromatic carbocycles. The van der Waals surface area contributed by atoms with Gasteiger partial charge in [-0.15, -0.1) is 0 Å². The third kappa shape index (κ3) is 4.82. The number of hydrogen-bond acceptors (Lipinski definition) is 5. The molecule has 0 N–H and O–H groups in total. The minimum Gasteiger partial charge on any atom is -0.444 e. The molecule has 0 saturated carbocycles. The first-order chi connectivity index (χ1) is 14.8. The average Bonchev–Trinajstić information content (AvgIpc) is 3.19. The molecule has 4 rings (SSSR count). The number of aromatic nitrogens is 2. The summed E-state index contributed by atoms with van der Waals surface area (Å²) in [6, 6.07) is 11.6. The number of pyridine rings is 1. The summed E-state index contributed by atoms with van der Waals surface area (Å²) in [7, 11) is 0. The largest absolute Gasteiger partial charge is 0.444 e. The topological polar surface area (TPSA) is 68.5 Å². The first-order valence-electron chi connectivity index (χ1n) is 10.2. The van der Waals surface area contributed by atoms with Gasteiger partial charge in [-0.05, 0) is 69.2 Å². The van der Waals surface area contributed by atoms with Crippen molar-refractivity contribution in [1.29, 1.82) is 0 Å². The fraction of sp³-hybridized carbons (Fsp3) is 0.292. The normalized spacial score (nSPS) is 14.3. The van der Waals surface area contributed by atoms with Crippen molar-refractivity contribution in [3.05, 3.63) is 66.3 Å². The molecular weight excluding hydrogens is 397 g/mol. The summed E-state index contributed by atoms with van der Waals surface area (Å²) in [5.41, 5.74) is 2.39. The lowest BCUT2D eigenvalue weighted by molar-refractivity contribution is 0.0270. The summed E-state index contributed by atoms with van der Waals surface area (Å²) in [5, 5.41) is 0. The van der Waals surface area contributed by atoms with Gasteiger partial charge >= 0.3 is 6.09 Å². The Balaban J connectivity index is 1.66. The van der Waals surface area contributed by atoms with E-state index in [1.807, 2.05) is 45.0 Å². The van der Waals surface area contributed by atoms with Crippen LogP contribution in [0.1, 0.15) is 33.0 Å². The lowest BCUT2D eigenvalue weighted by atomic mass is 10.0. The van der Waals surface area contributed by atoms with E-state index < -0.39 is 5.60 Å². The molecule has 2 aromatic heterocycles. The fourth-order valence-electron chi connectivity index (χ4n) is 3.30. The maximum absolute atomic E-state index is 13.3. The predicted octanol–water partition coefficient (Wildman–Crippen LogP) is 5.57. The summed E-state index contributed by atoms with van der Waals surface area (Å²) >= 11 is 0. The number of amides is 1. The van der Waals surface area contributed by atoms with E-state index >= 15 is 0 Å². The molecule has 0 spiro atoms. The number of nitrogens with zero attached hydrogens (tertiary/aromatic N) is 3. The summed E-state index contributed by atoms with van der Waals surface area (Å²) in [4.78, 5) is 23.1. The maximum atomic E-state index is 13.3. The lowest BCUT2D eigenvalue weighted by Gasteiger charge is -2.29. The molecule has 6 nitrogen and oxygen atoms in total. The third-order valence-corrected chi connectivity index (χ3v) is 4.78. The number of benzene rings is 1. The van der Waals surface area contributed by atoms with Crippen LogP contribution in [-0.2, 0) is 4.74 Å². The van der Waals surface area contributed by atoms with Crippen molar-refractivity contribution in [3.8, 4) is 22.8 Å². The number of halogens is 1. The van der Waals surface area contributed by atoms with E-state index in [9.17, 15) is 9.18 Å². The van der Waals surface area contributed by atoms with Crippen LogP contribution in [0.2, 0.25) is 0 Å². The van der Waals surface area contributed by atoms with Crippen molar-refractivity contribution in [2.45, 2.75) is 32.8 Å². The van der Waals surface area contributed by atoms with Gasteiger partial charge in [0, 0.05) is 24.8 Å². The molecule has 3 heterocycles. The minimum atomic E-state index is -0.539. The second kappa shape index (κ2) is 8.34. The van der Waals surface area contributed by atoms with Crippen LogP contribution in [0.3, 0.4) is 0 Å². The van der Waals surface area contributed by atoms with Crippen LogP contribution >= 0.6 is 0 Å². The van der Waals surface area contributed by atoms with Crippen LogP contribution < -0.4 is 0 Å². The van der Waals surface area contributed by atoms with Gasteiger partial charge in [-0.3, -0.25) is 4.98 Å². The standard InChI is InChI=1S/C24H24FN3O3/c1-24(2,3)31-23(29)28-14-11-16(12-15-28)21-20(19-6-4-5-13-26-19)27-22(30-21)17-7-9-18(25)10-8-17/h4-11,13H,12,14-15H2,1-3H3. The summed E-state index contributed by atoms with van der Waals surface area (Å²) in [6.07, 6.45) is 3.91. The Hall–Kier alpha value is -3.48. The molecular formula is C24H24FN3O3. The van der Waals surface area contributed by atoms with Crippen molar-refractivity contribution in [3.63, 3.8) is 0 Å². The fourth-order valence-corrected chi connectivity index (χ4v) is 3.30. The Labute approximate surface area is 180 Å². The average molecular weight is 421 g/mol. The van der Waals surface area contributed by atoms with Gasteiger partial charge in [0.25, 0.3) is 0 Å². The number of carbonyl (C=O) groups is 1. The second-order valence-electron chi connectivity index (χ2n) is 8.32. The zero-order chi connectivity index (χ0) is 22.0. The van der Waals surface area contributed by atoms with E-state index in [2.05, 4.69) is 9.97 Å². The van der Waals surface area contributed by atoms with E-state index in [1.165, 1.54) is 12.1 Å². The van der Waals surface area contributed by atoms with Crippen LogP contribution in [0.15, 0.2) is 59.2 Å². The Morgan fingerprint density at radius 3 is 2.55 bits per heavy atom. The van der Waals surface area contributed by atoms with Crippen LogP contribution in [0.5, 0.6) is 0 Å². The van der Waals surface area contributed by atoms with Crippen LogP contribution in [0, 0.1) is 5.82 Å². The predicted molar refractivity (Wildman–Crippen MR) is 116 cm³/mol. The molecule has 160 valence electrons. The monoisotopic (exact) mass is 421 g/mol. The highest BCUT2D eigenvalue weighted by Crippen LogP contribution is 2.35. The van der Waals surface area contributed by atoms with E-state index in [1.54, 1.807) is 23.2 Å². The maximum Gasteiger partial charge on any atom is 0.410 e. The zero-order valence-corrected chi connectivity index (χ0v) is 17.8. The molecule has 0 bridgehead atoms. The van der Waals surface area contributed by atoms with Crippen LogP contribution in [0.4, 0.5) is 9.18 Å². The molecule has 1 amide bonds. The molecule has 31 heavy (non-hydrogen) atoms. The molecule has 7 heteroatoms. The Kier molecular flexibility index (Phi) is 5.59. The van der Waals surface area contributed by atoms with Crippen molar-refractivity contribution in [2.75, 3.05) is 13.1 Å². The zero-order valence-electron chi connectivity index (χ0n) is 17.8. The first-order valence-corrected chi connectivity index (χ1v) is 10.2. The van der Waals surface area contributed by atoms with Crippen LogP contribution in [0.25, 0.3) is 28.4 Å². The van der Waals surface area contributed by atoms with Gasteiger partial charge in [-0.1, -0.05) is 12.1 Å². The molecule has 0 atom stereocenters. The molecule has 0 fully saturated rings. The Morgan fingerprint density at radius 1 is 1.16 bits per heavy atom. The van der Waals surface area contributed by atoms with Gasteiger partial charge in [0.1, 0.15) is 17.1 Å². The third-order valence-electron chi connectivity index (χ3n) is 4.78. The molecule has 0 aliphatic carbocycles. The van der Waals surface area contributed by atoms with Gasteiger partial charge in [-0.25, -0.2) is 14.2 Å². The lowest BCUT2D eigenvalue weighted by Crippen LogP contribution is -2.39. The highest BCUT2D eigenvalue weighted by Gasteiger charge is 2.27. The number of ether oxygens (including phenoxy) is 1. The van der Waals surface area contributed by atoms with Crippen molar-refractivity contribution >= 4 is 11.7 Å². The molecule has 3 aromatic rings. The SMILES string of the molecule is CC(C)(C)OC(=O)N1CC=C(c2oc(-c3ccc(F)cc3)nc2-c2ccccn2)CC1. The summed E-state index contributed by atoms with van der Waals surface area (Å²) in [5.74, 6) is 0.686. The Bertz CT molecular complexity index is 1100. The second-order valence-corrected chi connectivity index (χ2v) is 8.32. The minimum absolute atomic E-state index is 0.322. The summed E-state index contributed by atoms with van der Waals surface area (Å²) < 4.78 is 24.9. The molecule has 0 radical (unpaired) electrons. The number of carbonyl (C=O) groups excluding carboxylic acids is 1. The van der Waals surface area contributed by atoms with Gasteiger partial charge in [0.05, 0.1) is 5.69 Å². The van der Waals surface area contributed by atoms with Gasteiger partial charge in [0.15, 0.2) is 5.76 Å². The Morgan fingerprint density at radius 2 is 1.94 bits per heavy atom. The number of oxazole rings is 1.